The van der Waals surface area contributed by atoms with E-state index in [0.717, 1.165) is 12.0 Å². The number of hydrogen-bond acceptors (Lipinski definition) is 4. The van der Waals surface area contributed by atoms with Crippen LogP contribution in [0.5, 0.6) is 5.75 Å². The summed E-state index contributed by atoms with van der Waals surface area (Å²) >= 11 is 0. The first-order valence-electron chi connectivity index (χ1n) is 8.14. The van der Waals surface area contributed by atoms with Gasteiger partial charge in [-0.05, 0) is 56.5 Å². The summed E-state index contributed by atoms with van der Waals surface area (Å²) in [6.45, 7) is 9.11. The van der Waals surface area contributed by atoms with Crippen molar-refractivity contribution in [3.05, 3.63) is 50.8 Å². The highest BCUT2D eigenvalue weighted by atomic mass is 16.3. The van der Waals surface area contributed by atoms with Crippen LogP contribution in [0.3, 0.4) is 0 Å². The summed E-state index contributed by atoms with van der Waals surface area (Å²) in [4.78, 5) is 29.1. The third-order valence-corrected chi connectivity index (χ3v) is 4.95. The number of nitrogens with zero attached hydrogens (tertiary/aromatic N) is 2. The van der Waals surface area contributed by atoms with Gasteiger partial charge in [0.2, 0.25) is 0 Å². The average molecular weight is 339 g/mol. The molecule has 0 saturated heterocycles. The summed E-state index contributed by atoms with van der Waals surface area (Å²) < 4.78 is 1.36. The summed E-state index contributed by atoms with van der Waals surface area (Å²) in [6, 6.07) is 4.84. The van der Waals surface area contributed by atoms with E-state index in [0.29, 0.717) is 22.7 Å². The number of amides is 1. The van der Waals surface area contributed by atoms with E-state index < -0.39 is 5.91 Å². The van der Waals surface area contributed by atoms with Crippen molar-refractivity contribution in [1.29, 1.82) is 0 Å². The second-order valence-corrected chi connectivity index (χ2v) is 6.69. The molecule has 2 aromatic rings. The van der Waals surface area contributed by atoms with Gasteiger partial charge in [0.25, 0.3) is 11.5 Å². The van der Waals surface area contributed by atoms with Crippen molar-refractivity contribution < 1.29 is 9.90 Å². The summed E-state index contributed by atoms with van der Waals surface area (Å²) in [7, 11) is 0. The maximum atomic E-state index is 13.2. The molecule has 1 aromatic heterocycles. The molecule has 1 fully saturated rings. The Labute approximate surface area is 145 Å². The molecule has 6 heteroatoms. The van der Waals surface area contributed by atoms with Gasteiger partial charge in [-0.25, -0.2) is 4.99 Å². The van der Waals surface area contributed by atoms with Crippen molar-refractivity contribution in [3.8, 4) is 11.4 Å². The van der Waals surface area contributed by atoms with E-state index in [1.165, 1.54) is 4.57 Å². The van der Waals surface area contributed by atoms with Gasteiger partial charge in [0.15, 0.2) is 5.82 Å². The van der Waals surface area contributed by atoms with Crippen molar-refractivity contribution in [2.45, 2.75) is 33.1 Å². The predicted octanol–water partition coefficient (Wildman–Crippen LogP) is 2.71. The predicted molar refractivity (Wildman–Crippen MR) is 97.4 cm³/mol. The first-order valence-corrected chi connectivity index (χ1v) is 8.14. The smallest absolute Gasteiger partial charge is 0.260 e. The van der Waals surface area contributed by atoms with Gasteiger partial charge in [-0.15, -0.1) is 0 Å². The molecule has 2 atom stereocenters. The Balaban J connectivity index is 2.46. The topological polar surface area (TPSA) is 97.7 Å². The van der Waals surface area contributed by atoms with Crippen LogP contribution in [0.1, 0.15) is 46.3 Å². The number of aryl methyl sites for hydroxylation is 1. The van der Waals surface area contributed by atoms with Crippen LogP contribution >= 0.6 is 0 Å². The van der Waals surface area contributed by atoms with Crippen LogP contribution < -0.4 is 11.3 Å². The van der Waals surface area contributed by atoms with Gasteiger partial charge in [0.1, 0.15) is 5.75 Å². The molecule has 1 aromatic carbocycles. The number of aromatic nitrogens is 1. The van der Waals surface area contributed by atoms with Crippen molar-refractivity contribution in [3.63, 3.8) is 0 Å². The molecule has 1 amide bonds. The van der Waals surface area contributed by atoms with Gasteiger partial charge < -0.3 is 10.8 Å². The lowest BCUT2D eigenvalue weighted by molar-refractivity contribution is 0.100. The third kappa shape index (κ3) is 2.63. The number of hydrogen-bond donors (Lipinski definition) is 2. The fraction of sp³-hybridized carbons (Fsp3) is 0.316. The molecule has 3 N–H and O–H groups in total. The summed E-state index contributed by atoms with van der Waals surface area (Å²) in [5.41, 5.74) is 7.80. The Bertz CT molecular complexity index is 959. The monoisotopic (exact) mass is 339 g/mol. The summed E-state index contributed by atoms with van der Waals surface area (Å²) in [6.07, 6.45) is 0.895. The second-order valence-electron chi connectivity index (χ2n) is 6.69. The molecule has 1 saturated carbocycles. The average Bonchev–Trinajstić information content (AvgIpc) is 3.28. The molecular weight excluding hydrogens is 318 g/mol. The Hall–Kier alpha value is -2.89. The number of carbonyl (C=O) groups is 1. The Morgan fingerprint density at radius 2 is 2.04 bits per heavy atom. The number of aromatic hydroxyl groups is 1. The highest BCUT2D eigenvalue weighted by molar-refractivity contribution is 5.98. The highest BCUT2D eigenvalue weighted by Crippen LogP contribution is 2.46. The molecule has 0 aliphatic heterocycles. The van der Waals surface area contributed by atoms with E-state index >= 15 is 0 Å². The second kappa shape index (κ2) is 5.88. The number of phenolic OH excluding ortho intramolecular Hbond substituents is 1. The molecule has 3 rings (SSSR count). The number of phenols is 1. The molecule has 0 spiro atoms. The minimum absolute atomic E-state index is 0.0633. The number of primary amides is 1. The van der Waals surface area contributed by atoms with Crippen LogP contribution in [0.4, 0.5) is 5.82 Å². The number of nitrogens with two attached hydrogens (primary N) is 1. The lowest BCUT2D eigenvalue weighted by Crippen LogP contribution is -2.27. The van der Waals surface area contributed by atoms with Gasteiger partial charge in [0, 0.05) is 11.1 Å². The molecule has 0 bridgehead atoms. The number of benzene rings is 1. The van der Waals surface area contributed by atoms with Gasteiger partial charge in [-0.1, -0.05) is 13.0 Å². The molecule has 0 unspecified atom stereocenters. The van der Waals surface area contributed by atoms with Crippen LogP contribution in [0, 0.1) is 19.8 Å². The third-order valence-electron chi connectivity index (χ3n) is 4.95. The van der Waals surface area contributed by atoms with Crippen LogP contribution in [-0.2, 0) is 0 Å². The molecule has 6 nitrogen and oxygen atoms in total. The normalized spacial score (nSPS) is 18.8. The van der Waals surface area contributed by atoms with E-state index in [1.54, 1.807) is 25.1 Å². The molecule has 0 radical (unpaired) electrons. The number of pyridine rings is 1. The van der Waals surface area contributed by atoms with E-state index in [4.69, 9.17) is 5.73 Å². The Morgan fingerprint density at radius 3 is 2.56 bits per heavy atom. The number of rotatable bonds is 4. The first kappa shape index (κ1) is 17.0. The summed E-state index contributed by atoms with van der Waals surface area (Å²) in [5.74, 6) is -0.00901. The molecule has 25 heavy (non-hydrogen) atoms. The lowest BCUT2D eigenvalue weighted by Gasteiger charge is -2.19. The fourth-order valence-corrected chi connectivity index (χ4v) is 3.36. The van der Waals surface area contributed by atoms with E-state index in [-0.39, 0.29) is 28.6 Å². The minimum Gasteiger partial charge on any atom is -0.508 e. The van der Waals surface area contributed by atoms with E-state index in [1.807, 2.05) is 6.92 Å². The van der Waals surface area contributed by atoms with Crippen molar-refractivity contribution in [2.75, 3.05) is 0 Å². The van der Waals surface area contributed by atoms with E-state index in [2.05, 4.69) is 18.6 Å². The SMILES string of the molecule is C=Nc1c(C(N)=O)cc([C@@H]2C[C@H]2C)c(=O)n1-c1c(C)ccc(O)c1C. The number of carbonyl (C=O) groups excluding carboxylic acids is 1. The Kier molecular flexibility index (Phi) is 3.99. The zero-order chi connectivity index (χ0) is 18.5. The highest BCUT2D eigenvalue weighted by Gasteiger charge is 2.38. The standard InChI is InChI=1S/C19H21N3O3/c1-9-5-6-15(23)11(3)16(9)22-18(21-4)14(17(20)24)8-13(19(22)25)12-7-10(12)2/h5-6,8,10,12,23H,4,7H2,1-3H3,(H2,20,24)/t10-,12-/m1/s1. The first-order chi connectivity index (χ1) is 11.8. The minimum atomic E-state index is -0.666. The van der Waals surface area contributed by atoms with Gasteiger partial charge in [-0.3, -0.25) is 14.2 Å². The summed E-state index contributed by atoms with van der Waals surface area (Å²) in [5, 5.41) is 10.1. The molecule has 130 valence electrons. The number of aliphatic imine (C=N–C) groups is 1. The lowest BCUT2D eigenvalue weighted by atomic mass is 10.0. The zero-order valence-electron chi connectivity index (χ0n) is 14.5. The van der Waals surface area contributed by atoms with Crippen LogP contribution in [-0.4, -0.2) is 22.3 Å². The van der Waals surface area contributed by atoms with E-state index in [9.17, 15) is 14.7 Å². The fourth-order valence-electron chi connectivity index (χ4n) is 3.36. The largest absolute Gasteiger partial charge is 0.508 e. The zero-order valence-corrected chi connectivity index (χ0v) is 14.5. The van der Waals surface area contributed by atoms with Crippen LogP contribution in [0.15, 0.2) is 28.0 Å². The quantitative estimate of drug-likeness (QED) is 0.838. The molecule has 1 heterocycles. The maximum absolute atomic E-state index is 13.2. The molecule has 1 aliphatic rings. The molecule has 1 aliphatic carbocycles. The van der Waals surface area contributed by atoms with Crippen LogP contribution in [0.2, 0.25) is 0 Å². The van der Waals surface area contributed by atoms with Crippen molar-refractivity contribution in [2.24, 2.45) is 16.6 Å². The Morgan fingerprint density at radius 1 is 1.40 bits per heavy atom. The van der Waals surface area contributed by atoms with Gasteiger partial charge in [-0.2, -0.15) is 0 Å². The van der Waals surface area contributed by atoms with Gasteiger partial charge >= 0.3 is 0 Å². The van der Waals surface area contributed by atoms with Gasteiger partial charge in [0.05, 0.1) is 11.3 Å². The van der Waals surface area contributed by atoms with Crippen molar-refractivity contribution in [1.82, 2.24) is 4.57 Å². The molecular formula is C19H21N3O3. The van der Waals surface area contributed by atoms with Crippen LogP contribution in [0.25, 0.3) is 5.69 Å². The maximum Gasteiger partial charge on any atom is 0.260 e. The van der Waals surface area contributed by atoms with Crippen molar-refractivity contribution >= 4 is 18.4 Å².